The summed E-state index contributed by atoms with van der Waals surface area (Å²) >= 11 is 0. The van der Waals surface area contributed by atoms with E-state index in [1.165, 1.54) is 0 Å². The Bertz CT molecular complexity index is 718. The highest BCUT2D eigenvalue weighted by Crippen LogP contribution is 2.16. The average molecular weight is 284 g/mol. The fourth-order valence-electron chi connectivity index (χ4n) is 2.06. The van der Waals surface area contributed by atoms with Gasteiger partial charge in [-0.15, -0.1) is 0 Å². The Morgan fingerprint density at radius 3 is 2.86 bits per heavy atom. The lowest BCUT2D eigenvalue weighted by Gasteiger charge is -2.03. The lowest BCUT2D eigenvalue weighted by molar-refractivity contribution is 0.390. The third kappa shape index (κ3) is 2.76. The number of aromatic nitrogens is 5. The Morgan fingerprint density at radius 1 is 1.29 bits per heavy atom. The minimum Gasteiger partial charge on any atom is -0.378 e. The van der Waals surface area contributed by atoms with Crippen LogP contribution < -0.4 is 5.32 Å². The van der Waals surface area contributed by atoms with Gasteiger partial charge < -0.3 is 9.84 Å². The minimum atomic E-state index is 0.543. The molecule has 0 saturated heterocycles. The molecule has 0 aliphatic heterocycles. The van der Waals surface area contributed by atoms with Gasteiger partial charge in [0.15, 0.2) is 0 Å². The van der Waals surface area contributed by atoms with Crippen molar-refractivity contribution in [2.45, 2.75) is 26.8 Å². The maximum atomic E-state index is 5.22. The standard InChI is InChI=1S/C14H16N6O/c1-3-13-12(10(2)21-19-13)8-17-11-7-18-20(9-11)14-15-5-4-6-16-14/h4-7,9,17H,3,8H2,1-2H3. The molecule has 0 aromatic carbocycles. The van der Waals surface area contributed by atoms with Crippen LogP contribution in [0.15, 0.2) is 35.4 Å². The van der Waals surface area contributed by atoms with Gasteiger partial charge in [0.25, 0.3) is 0 Å². The maximum absolute atomic E-state index is 5.22. The Kier molecular flexibility index (Phi) is 3.63. The molecule has 0 amide bonds. The monoisotopic (exact) mass is 284 g/mol. The van der Waals surface area contributed by atoms with Crippen LogP contribution in [0.4, 0.5) is 5.69 Å². The minimum absolute atomic E-state index is 0.543. The van der Waals surface area contributed by atoms with Crippen molar-refractivity contribution in [1.82, 2.24) is 24.9 Å². The van der Waals surface area contributed by atoms with Crippen LogP contribution in [-0.4, -0.2) is 24.9 Å². The van der Waals surface area contributed by atoms with Gasteiger partial charge in [-0.2, -0.15) is 5.10 Å². The normalized spacial score (nSPS) is 10.8. The van der Waals surface area contributed by atoms with Gasteiger partial charge in [-0.3, -0.25) is 0 Å². The highest BCUT2D eigenvalue weighted by Gasteiger charge is 2.11. The first-order chi connectivity index (χ1) is 10.3. The molecule has 0 spiro atoms. The first-order valence-electron chi connectivity index (χ1n) is 6.78. The van der Waals surface area contributed by atoms with Gasteiger partial charge >= 0.3 is 0 Å². The molecule has 0 bridgehead atoms. The molecule has 0 saturated carbocycles. The molecule has 3 heterocycles. The van der Waals surface area contributed by atoms with Crippen molar-refractivity contribution in [3.05, 3.63) is 47.9 Å². The second kappa shape index (κ2) is 5.74. The molecule has 1 N–H and O–H groups in total. The van der Waals surface area contributed by atoms with E-state index in [2.05, 4.69) is 32.5 Å². The van der Waals surface area contributed by atoms with Crippen molar-refractivity contribution in [2.24, 2.45) is 0 Å². The summed E-state index contributed by atoms with van der Waals surface area (Å²) in [5.74, 6) is 1.39. The summed E-state index contributed by atoms with van der Waals surface area (Å²) < 4.78 is 6.85. The van der Waals surface area contributed by atoms with E-state index in [9.17, 15) is 0 Å². The van der Waals surface area contributed by atoms with Crippen LogP contribution in [0.2, 0.25) is 0 Å². The van der Waals surface area contributed by atoms with E-state index < -0.39 is 0 Å². The summed E-state index contributed by atoms with van der Waals surface area (Å²) in [7, 11) is 0. The molecule has 0 radical (unpaired) electrons. The molecule has 0 fully saturated rings. The number of nitrogens with one attached hydrogen (secondary N) is 1. The maximum Gasteiger partial charge on any atom is 0.250 e. The van der Waals surface area contributed by atoms with Gasteiger partial charge in [0.05, 0.1) is 23.8 Å². The van der Waals surface area contributed by atoms with E-state index in [1.807, 2.05) is 13.1 Å². The predicted octanol–water partition coefficient (Wildman–Crippen LogP) is 2.13. The highest BCUT2D eigenvalue weighted by molar-refractivity contribution is 5.41. The first kappa shape index (κ1) is 13.3. The summed E-state index contributed by atoms with van der Waals surface area (Å²) in [6.07, 6.45) is 7.82. The van der Waals surface area contributed by atoms with Crippen LogP contribution in [-0.2, 0) is 13.0 Å². The number of anilines is 1. The van der Waals surface area contributed by atoms with Gasteiger partial charge in [-0.05, 0) is 19.4 Å². The number of hydrogen-bond acceptors (Lipinski definition) is 6. The zero-order valence-electron chi connectivity index (χ0n) is 11.9. The molecule has 3 rings (SSSR count). The molecule has 3 aromatic rings. The SMILES string of the molecule is CCc1noc(C)c1CNc1cnn(-c2ncccn2)c1. The zero-order valence-corrected chi connectivity index (χ0v) is 11.9. The average Bonchev–Trinajstić information content (AvgIpc) is 3.13. The summed E-state index contributed by atoms with van der Waals surface area (Å²) in [4.78, 5) is 8.30. The second-order valence-corrected chi connectivity index (χ2v) is 4.59. The van der Waals surface area contributed by atoms with Crippen molar-refractivity contribution < 1.29 is 4.52 Å². The molecule has 0 atom stereocenters. The molecule has 0 unspecified atom stereocenters. The number of aryl methyl sites for hydroxylation is 2. The molecular formula is C14H16N6O. The van der Waals surface area contributed by atoms with Crippen molar-refractivity contribution in [2.75, 3.05) is 5.32 Å². The van der Waals surface area contributed by atoms with Crippen LogP contribution >= 0.6 is 0 Å². The third-order valence-corrected chi connectivity index (χ3v) is 3.21. The van der Waals surface area contributed by atoms with Crippen LogP contribution in [0.1, 0.15) is 23.9 Å². The first-order valence-corrected chi connectivity index (χ1v) is 6.78. The Hall–Kier alpha value is -2.70. The Balaban J connectivity index is 1.72. The van der Waals surface area contributed by atoms with Gasteiger partial charge in [0.1, 0.15) is 5.76 Å². The second-order valence-electron chi connectivity index (χ2n) is 4.59. The largest absolute Gasteiger partial charge is 0.378 e. The quantitative estimate of drug-likeness (QED) is 0.773. The van der Waals surface area contributed by atoms with Crippen LogP contribution in [0.5, 0.6) is 0 Å². The molecule has 0 aliphatic rings. The predicted molar refractivity (Wildman–Crippen MR) is 77.1 cm³/mol. The van der Waals surface area contributed by atoms with Crippen LogP contribution in [0.25, 0.3) is 5.95 Å². The van der Waals surface area contributed by atoms with Crippen molar-refractivity contribution in [1.29, 1.82) is 0 Å². The van der Waals surface area contributed by atoms with Crippen LogP contribution in [0, 0.1) is 6.92 Å². The van der Waals surface area contributed by atoms with Gasteiger partial charge in [-0.25, -0.2) is 14.6 Å². The molecule has 0 aliphatic carbocycles. The summed E-state index contributed by atoms with van der Waals surface area (Å²) in [6, 6.07) is 1.77. The number of hydrogen-bond donors (Lipinski definition) is 1. The third-order valence-electron chi connectivity index (χ3n) is 3.21. The lowest BCUT2D eigenvalue weighted by atomic mass is 10.1. The Labute approximate surface area is 122 Å². The van der Waals surface area contributed by atoms with E-state index in [4.69, 9.17) is 4.52 Å². The molecule has 7 heteroatoms. The molecular weight excluding hydrogens is 268 g/mol. The van der Waals surface area contributed by atoms with Crippen molar-refractivity contribution in [3.8, 4) is 5.95 Å². The van der Waals surface area contributed by atoms with E-state index in [0.29, 0.717) is 12.5 Å². The smallest absolute Gasteiger partial charge is 0.250 e. The fraction of sp³-hybridized carbons (Fsp3) is 0.286. The molecule has 3 aromatic heterocycles. The van der Waals surface area contributed by atoms with Gasteiger partial charge in [-0.1, -0.05) is 12.1 Å². The molecule has 21 heavy (non-hydrogen) atoms. The van der Waals surface area contributed by atoms with Crippen molar-refractivity contribution >= 4 is 5.69 Å². The summed E-state index contributed by atoms with van der Waals surface area (Å²) in [5.41, 5.74) is 2.98. The highest BCUT2D eigenvalue weighted by atomic mass is 16.5. The molecule has 108 valence electrons. The van der Waals surface area contributed by atoms with E-state index in [1.54, 1.807) is 29.3 Å². The number of rotatable bonds is 5. The fourth-order valence-corrected chi connectivity index (χ4v) is 2.06. The zero-order chi connectivity index (χ0) is 14.7. The van der Waals surface area contributed by atoms with Gasteiger partial charge in [0, 0.05) is 24.5 Å². The summed E-state index contributed by atoms with van der Waals surface area (Å²) in [5, 5.41) is 11.6. The summed E-state index contributed by atoms with van der Waals surface area (Å²) in [6.45, 7) is 4.63. The van der Waals surface area contributed by atoms with Crippen molar-refractivity contribution in [3.63, 3.8) is 0 Å². The van der Waals surface area contributed by atoms with E-state index in [-0.39, 0.29) is 0 Å². The van der Waals surface area contributed by atoms with E-state index >= 15 is 0 Å². The van der Waals surface area contributed by atoms with Crippen LogP contribution in [0.3, 0.4) is 0 Å². The lowest BCUT2D eigenvalue weighted by Crippen LogP contribution is -2.02. The molecule has 7 nitrogen and oxygen atoms in total. The number of nitrogens with zero attached hydrogens (tertiary/aromatic N) is 5. The van der Waals surface area contributed by atoms with E-state index in [0.717, 1.165) is 29.1 Å². The van der Waals surface area contributed by atoms with Gasteiger partial charge in [0.2, 0.25) is 5.95 Å². The Morgan fingerprint density at radius 2 is 2.10 bits per heavy atom. The topological polar surface area (TPSA) is 81.7 Å².